The predicted molar refractivity (Wildman–Crippen MR) is 76.5 cm³/mol. The summed E-state index contributed by atoms with van der Waals surface area (Å²) in [5.41, 5.74) is 2.14. The van der Waals surface area contributed by atoms with E-state index >= 15 is 0 Å². The van der Waals surface area contributed by atoms with Gasteiger partial charge in [0.15, 0.2) is 0 Å². The summed E-state index contributed by atoms with van der Waals surface area (Å²) in [5, 5.41) is 10.5. The maximum absolute atomic E-state index is 10.4. The van der Waals surface area contributed by atoms with Gasteiger partial charge >= 0.3 is 0 Å². The van der Waals surface area contributed by atoms with E-state index in [2.05, 4.69) is 24.3 Å². The molecular weight excluding hydrogens is 240 g/mol. The first kappa shape index (κ1) is 11.6. The van der Waals surface area contributed by atoms with Gasteiger partial charge in [0.2, 0.25) is 0 Å². The lowest BCUT2D eigenvalue weighted by molar-refractivity contribution is 0.185. The summed E-state index contributed by atoms with van der Waals surface area (Å²) in [4.78, 5) is 1.19. The molecule has 0 saturated carbocycles. The quantitative estimate of drug-likeness (QED) is 0.877. The number of hydrogen-bond acceptors (Lipinski definition) is 2. The molecule has 0 unspecified atom stereocenters. The average molecular weight is 254 g/mol. The Labute approximate surface area is 111 Å². The van der Waals surface area contributed by atoms with Gasteiger partial charge in [-0.25, -0.2) is 0 Å². The van der Waals surface area contributed by atoms with E-state index < -0.39 is 6.10 Å². The van der Waals surface area contributed by atoms with Crippen LogP contribution in [0.3, 0.4) is 0 Å². The predicted octanol–water partition coefficient (Wildman–Crippen LogP) is 3.91. The Kier molecular flexibility index (Phi) is 3.22. The van der Waals surface area contributed by atoms with Crippen molar-refractivity contribution in [3.8, 4) is 0 Å². The zero-order chi connectivity index (χ0) is 12.4. The Hall–Kier alpha value is -1.51. The Bertz CT molecular complexity index is 562. The zero-order valence-electron chi connectivity index (χ0n) is 9.86. The lowest BCUT2D eigenvalue weighted by Crippen LogP contribution is -2.16. The summed E-state index contributed by atoms with van der Waals surface area (Å²) in [6, 6.07) is 18.2. The van der Waals surface area contributed by atoms with Crippen molar-refractivity contribution in [3.63, 3.8) is 0 Å². The molecule has 0 aliphatic heterocycles. The molecule has 1 aliphatic carbocycles. The zero-order valence-corrected chi connectivity index (χ0v) is 10.7. The van der Waals surface area contributed by atoms with Crippen LogP contribution in [0.15, 0.2) is 65.6 Å². The van der Waals surface area contributed by atoms with Crippen LogP contribution in [0.5, 0.6) is 0 Å². The van der Waals surface area contributed by atoms with E-state index in [1.165, 1.54) is 4.90 Å². The summed E-state index contributed by atoms with van der Waals surface area (Å²) in [6.07, 6.45) is 3.75. The molecule has 2 atom stereocenters. The van der Waals surface area contributed by atoms with Crippen LogP contribution in [0.1, 0.15) is 17.2 Å². The second-order valence-corrected chi connectivity index (χ2v) is 5.58. The maximum atomic E-state index is 10.4. The third-order valence-electron chi connectivity index (χ3n) is 3.11. The van der Waals surface area contributed by atoms with E-state index in [0.29, 0.717) is 0 Å². The lowest BCUT2D eigenvalue weighted by Gasteiger charge is -2.25. The second kappa shape index (κ2) is 5.01. The third-order valence-corrected chi connectivity index (χ3v) is 4.34. The van der Waals surface area contributed by atoms with Crippen LogP contribution in [-0.4, -0.2) is 10.4 Å². The van der Waals surface area contributed by atoms with Gasteiger partial charge in [-0.3, -0.25) is 0 Å². The van der Waals surface area contributed by atoms with Crippen molar-refractivity contribution < 1.29 is 5.11 Å². The van der Waals surface area contributed by atoms with Crippen LogP contribution < -0.4 is 0 Å². The topological polar surface area (TPSA) is 20.2 Å². The molecule has 1 N–H and O–H groups in total. The van der Waals surface area contributed by atoms with Gasteiger partial charge < -0.3 is 5.11 Å². The Morgan fingerprint density at radius 2 is 1.61 bits per heavy atom. The van der Waals surface area contributed by atoms with Crippen LogP contribution in [0, 0.1) is 0 Å². The van der Waals surface area contributed by atoms with Crippen molar-refractivity contribution >= 4 is 17.8 Å². The van der Waals surface area contributed by atoms with Gasteiger partial charge in [-0.1, -0.05) is 54.6 Å². The highest BCUT2D eigenvalue weighted by atomic mass is 32.2. The molecule has 0 spiro atoms. The molecule has 0 saturated heterocycles. The summed E-state index contributed by atoms with van der Waals surface area (Å²) in [6.45, 7) is 0. The first-order valence-corrected chi connectivity index (χ1v) is 6.89. The monoisotopic (exact) mass is 254 g/mol. The van der Waals surface area contributed by atoms with Gasteiger partial charge in [0.25, 0.3) is 0 Å². The number of aliphatic hydroxyl groups excluding tert-OH is 1. The minimum atomic E-state index is -0.434. The van der Waals surface area contributed by atoms with Crippen molar-refractivity contribution in [2.75, 3.05) is 0 Å². The summed E-state index contributed by atoms with van der Waals surface area (Å²) >= 11 is 1.70. The number of rotatable bonds is 2. The molecule has 0 radical (unpaired) electrons. The van der Waals surface area contributed by atoms with Gasteiger partial charge in [0.1, 0.15) is 0 Å². The van der Waals surface area contributed by atoms with Crippen LogP contribution in [0.2, 0.25) is 0 Å². The Balaban J connectivity index is 1.85. The van der Waals surface area contributed by atoms with E-state index in [0.717, 1.165) is 11.1 Å². The normalized spacial score (nSPS) is 21.6. The van der Waals surface area contributed by atoms with Gasteiger partial charge in [-0.2, -0.15) is 0 Å². The number of aliphatic hydroxyl groups is 1. The highest BCUT2D eigenvalue weighted by molar-refractivity contribution is 8.00. The van der Waals surface area contributed by atoms with Crippen molar-refractivity contribution in [2.45, 2.75) is 16.2 Å². The highest BCUT2D eigenvalue weighted by Gasteiger charge is 2.24. The maximum Gasteiger partial charge on any atom is 0.0952 e. The van der Waals surface area contributed by atoms with Crippen LogP contribution in [-0.2, 0) is 0 Å². The number of benzene rings is 2. The molecule has 1 aliphatic rings. The fourth-order valence-electron chi connectivity index (χ4n) is 2.17. The van der Waals surface area contributed by atoms with Crippen LogP contribution >= 0.6 is 11.8 Å². The van der Waals surface area contributed by atoms with Crippen molar-refractivity contribution in [2.24, 2.45) is 0 Å². The van der Waals surface area contributed by atoms with E-state index in [9.17, 15) is 5.11 Å². The minimum absolute atomic E-state index is 0.0855. The fraction of sp³-hybridized carbons (Fsp3) is 0.125. The molecule has 0 fully saturated rings. The molecule has 90 valence electrons. The van der Waals surface area contributed by atoms with E-state index in [-0.39, 0.29) is 5.25 Å². The standard InChI is InChI=1S/C16H14OS/c17-16-14-9-5-4-6-12(14)10-11-15(16)18-13-7-2-1-3-8-13/h1-11,15-17H/t15-,16+/m1/s1. The fourth-order valence-corrected chi connectivity index (χ4v) is 3.23. The summed E-state index contributed by atoms with van der Waals surface area (Å²) < 4.78 is 0. The highest BCUT2D eigenvalue weighted by Crippen LogP contribution is 2.37. The van der Waals surface area contributed by atoms with Crippen molar-refractivity contribution in [1.29, 1.82) is 0 Å². The van der Waals surface area contributed by atoms with Gasteiger partial charge in [-0.15, -0.1) is 11.8 Å². The SMILES string of the molecule is O[C@H]1c2ccccc2C=C[C@H]1Sc1ccccc1. The molecule has 0 heterocycles. The molecule has 3 rings (SSSR count). The first-order chi connectivity index (χ1) is 8.84. The molecule has 0 amide bonds. The average Bonchev–Trinajstić information content (AvgIpc) is 2.43. The Morgan fingerprint density at radius 3 is 2.44 bits per heavy atom. The Morgan fingerprint density at radius 1 is 0.889 bits per heavy atom. The largest absolute Gasteiger partial charge is 0.387 e. The van der Waals surface area contributed by atoms with Crippen molar-refractivity contribution in [1.82, 2.24) is 0 Å². The molecule has 0 bridgehead atoms. The van der Waals surface area contributed by atoms with Crippen LogP contribution in [0.4, 0.5) is 0 Å². The van der Waals surface area contributed by atoms with E-state index in [1.54, 1.807) is 11.8 Å². The molecule has 0 aromatic heterocycles. The van der Waals surface area contributed by atoms with Crippen molar-refractivity contribution in [3.05, 3.63) is 71.8 Å². The first-order valence-electron chi connectivity index (χ1n) is 6.01. The third kappa shape index (κ3) is 2.22. The number of hydrogen-bond donors (Lipinski definition) is 1. The van der Waals surface area contributed by atoms with Crippen LogP contribution in [0.25, 0.3) is 6.08 Å². The molecule has 18 heavy (non-hydrogen) atoms. The molecule has 2 heteroatoms. The molecular formula is C16H14OS. The van der Waals surface area contributed by atoms with E-state index in [1.807, 2.05) is 42.5 Å². The minimum Gasteiger partial charge on any atom is -0.387 e. The van der Waals surface area contributed by atoms with Gasteiger partial charge in [-0.05, 0) is 23.3 Å². The number of thioether (sulfide) groups is 1. The summed E-state index contributed by atoms with van der Waals surface area (Å²) in [5.74, 6) is 0. The van der Waals surface area contributed by atoms with Gasteiger partial charge in [0, 0.05) is 4.90 Å². The smallest absolute Gasteiger partial charge is 0.0952 e. The molecule has 2 aromatic carbocycles. The van der Waals surface area contributed by atoms with Gasteiger partial charge in [0.05, 0.1) is 11.4 Å². The molecule has 1 nitrogen and oxygen atoms in total. The lowest BCUT2D eigenvalue weighted by atomic mass is 9.95. The van der Waals surface area contributed by atoms with E-state index in [4.69, 9.17) is 0 Å². The second-order valence-electron chi connectivity index (χ2n) is 4.33. The summed E-state index contributed by atoms with van der Waals surface area (Å²) in [7, 11) is 0. The number of fused-ring (bicyclic) bond motifs is 1. The molecule has 2 aromatic rings.